The van der Waals surface area contributed by atoms with E-state index in [0.717, 1.165) is 36.6 Å². The lowest BCUT2D eigenvalue weighted by molar-refractivity contribution is 0.318. The summed E-state index contributed by atoms with van der Waals surface area (Å²) in [5, 5.41) is 0. The Labute approximate surface area is 134 Å². The highest BCUT2D eigenvalue weighted by molar-refractivity contribution is 5.63. The molecule has 1 saturated carbocycles. The lowest BCUT2D eigenvalue weighted by Gasteiger charge is -2.28. The predicted molar refractivity (Wildman–Crippen MR) is 84.5 cm³/mol. The summed E-state index contributed by atoms with van der Waals surface area (Å²) in [6.45, 7) is 2.22. The van der Waals surface area contributed by atoms with Gasteiger partial charge in [0, 0.05) is 17.3 Å². The zero-order valence-corrected chi connectivity index (χ0v) is 13.2. The van der Waals surface area contributed by atoms with E-state index in [9.17, 15) is 13.2 Å². The second-order valence-corrected chi connectivity index (χ2v) is 6.36. The van der Waals surface area contributed by atoms with E-state index in [4.69, 9.17) is 0 Å². The first-order chi connectivity index (χ1) is 11.1. The highest BCUT2D eigenvalue weighted by Gasteiger charge is 2.22. The fraction of sp³-hybridized carbons (Fsp3) is 0.421. The van der Waals surface area contributed by atoms with Crippen molar-refractivity contribution in [3.8, 4) is 11.1 Å². The van der Waals surface area contributed by atoms with Crippen LogP contribution in [0, 0.1) is 23.5 Å². The average Bonchev–Trinajstić information content (AvgIpc) is 2.57. The monoisotopic (exact) mass is 319 g/mol. The Morgan fingerprint density at radius 2 is 1.74 bits per heavy atom. The van der Waals surface area contributed by atoms with Gasteiger partial charge in [0.15, 0.2) is 5.82 Å². The average molecular weight is 319 g/mol. The van der Waals surface area contributed by atoms with Gasteiger partial charge in [0.25, 0.3) is 0 Å². The summed E-state index contributed by atoms with van der Waals surface area (Å²) in [6, 6.07) is 6.06. The zero-order valence-electron chi connectivity index (χ0n) is 13.2. The molecule has 0 unspecified atom stereocenters. The number of halogens is 3. The molecule has 0 saturated heterocycles. The van der Waals surface area contributed by atoms with Crippen LogP contribution in [-0.2, 0) is 0 Å². The van der Waals surface area contributed by atoms with Crippen LogP contribution >= 0.6 is 0 Å². The Kier molecular flexibility index (Phi) is 4.69. The van der Waals surface area contributed by atoms with Gasteiger partial charge in [0.2, 0.25) is 5.95 Å². The van der Waals surface area contributed by atoms with E-state index in [1.165, 1.54) is 25.3 Å². The normalized spacial score (nSPS) is 21.4. The van der Waals surface area contributed by atoms with Crippen LogP contribution in [0.1, 0.15) is 50.5 Å². The smallest absolute Gasteiger partial charge is 0.225 e. The maximum absolute atomic E-state index is 14.4. The van der Waals surface area contributed by atoms with Gasteiger partial charge in [-0.05, 0) is 55.2 Å². The minimum atomic E-state index is -1.17. The molecule has 0 aliphatic heterocycles. The molecule has 0 atom stereocenters. The van der Waals surface area contributed by atoms with Crippen molar-refractivity contribution in [3.63, 3.8) is 0 Å². The van der Waals surface area contributed by atoms with Crippen molar-refractivity contribution in [3.05, 3.63) is 53.6 Å². The largest absolute Gasteiger partial charge is 0.248 e. The topological polar surface area (TPSA) is 12.9 Å². The van der Waals surface area contributed by atoms with Crippen molar-refractivity contribution >= 4 is 0 Å². The van der Waals surface area contributed by atoms with Crippen molar-refractivity contribution in [1.29, 1.82) is 0 Å². The Hall–Kier alpha value is -1.84. The van der Waals surface area contributed by atoms with Gasteiger partial charge in [0.1, 0.15) is 5.82 Å². The summed E-state index contributed by atoms with van der Waals surface area (Å²) in [4.78, 5) is 3.32. The molecule has 1 aliphatic carbocycles. The van der Waals surface area contributed by atoms with Gasteiger partial charge in [-0.1, -0.05) is 25.5 Å². The summed E-state index contributed by atoms with van der Waals surface area (Å²) in [5.41, 5.74) is 1.50. The molecular weight excluding hydrogens is 299 g/mol. The predicted octanol–water partition coefficient (Wildman–Crippen LogP) is 5.85. The molecule has 0 spiro atoms. The molecule has 0 bridgehead atoms. The zero-order chi connectivity index (χ0) is 16.4. The SMILES string of the molecule is CC[C@H]1CC[C@H](c2ccc(-c3cnc(F)c(F)c3)c(F)c2)CC1. The van der Waals surface area contributed by atoms with E-state index in [0.29, 0.717) is 5.92 Å². The fourth-order valence-electron chi connectivity index (χ4n) is 3.49. The number of benzene rings is 1. The van der Waals surface area contributed by atoms with Gasteiger partial charge < -0.3 is 0 Å². The van der Waals surface area contributed by atoms with Crippen LogP contribution in [0.15, 0.2) is 30.5 Å². The summed E-state index contributed by atoms with van der Waals surface area (Å²) < 4.78 is 40.6. The van der Waals surface area contributed by atoms with Crippen molar-refractivity contribution < 1.29 is 13.2 Å². The molecule has 1 fully saturated rings. The highest BCUT2D eigenvalue weighted by Crippen LogP contribution is 2.38. The molecule has 1 aliphatic rings. The lowest BCUT2D eigenvalue weighted by Crippen LogP contribution is -2.12. The third-order valence-electron chi connectivity index (χ3n) is 5.00. The van der Waals surface area contributed by atoms with Crippen LogP contribution in [0.2, 0.25) is 0 Å². The summed E-state index contributed by atoms with van der Waals surface area (Å²) in [5.74, 6) is -1.46. The summed E-state index contributed by atoms with van der Waals surface area (Å²) in [7, 11) is 0. The van der Waals surface area contributed by atoms with E-state index in [-0.39, 0.29) is 11.1 Å². The van der Waals surface area contributed by atoms with E-state index in [1.54, 1.807) is 6.07 Å². The van der Waals surface area contributed by atoms with Gasteiger partial charge in [-0.25, -0.2) is 13.8 Å². The van der Waals surface area contributed by atoms with E-state index in [2.05, 4.69) is 11.9 Å². The van der Waals surface area contributed by atoms with Gasteiger partial charge >= 0.3 is 0 Å². The molecule has 1 aromatic heterocycles. The second-order valence-electron chi connectivity index (χ2n) is 6.36. The summed E-state index contributed by atoms with van der Waals surface area (Å²) in [6.07, 6.45) is 6.93. The summed E-state index contributed by atoms with van der Waals surface area (Å²) >= 11 is 0. The molecule has 122 valence electrons. The van der Waals surface area contributed by atoms with Crippen LogP contribution in [0.25, 0.3) is 11.1 Å². The number of rotatable bonds is 3. The van der Waals surface area contributed by atoms with Crippen molar-refractivity contribution in [2.45, 2.75) is 44.9 Å². The van der Waals surface area contributed by atoms with E-state index in [1.807, 2.05) is 6.07 Å². The molecule has 1 heterocycles. The minimum absolute atomic E-state index is 0.252. The number of hydrogen-bond donors (Lipinski definition) is 0. The first-order valence-corrected chi connectivity index (χ1v) is 8.19. The standard InChI is InChI=1S/C19H20F3N/c1-2-12-3-5-13(6-4-12)14-7-8-16(17(20)9-14)15-10-18(21)19(22)23-11-15/h7-13H,2-6H2,1H3/t12-,13-. The number of aromatic nitrogens is 1. The van der Waals surface area contributed by atoms with Crippen molar-refractivity contribution in [2.24, 2.45) is 5.92 Å². The Bertz CT molecular complexity index is 691. The number of pyridine rings is 1. The van der Waals surface area contributed by atoms with Crippen LogP contribution in [-0.4, -0.2) is 4.98 Å². The Morgan fingerprint density at radius 3 is 2.35 bits per heavy atom. The van der Waals surface area contributed by atoms with Crippen LogP contribution in [0.4, 0.5) is 13.2 Å². The molecule has 1 aromatic carbocycles. The molecule has 0 amide bonds. The highest BCUT2D eigenvalue weighted by atomic mass is 19.2. The van der Waals surface area contributed by atoms with Gasteiger partial charge in [-0.3, -0.25) is 0 Å². The molecule has 2 aromatic rings. The first kappa shape index (κ1) is 16.0. The molecule has 3 rings (SSSR count). The van der Waals surface area contributed by atoms with Gasteiger partial charge in [0.05, 0.1) is 0 Å². The number of hydrogen-bond acceptors (Lipinski definition) is 1. The molecule has 0 N–H and O–H groups in total. The third kappa shape index (κ3) is 3.41. The van der Waals surface area contributed by atoms with E-state index < -0.39 is 17.6 Å². The maximum Gasteiger partial charge on any atom is 0.248 e. The fourth-order valence-corrected chi connectivity index (χ4v) is 3.49. The molecular formula is C19H20F3N. The molecule has 1 nitrogen and oxygen atoms in total. The Morgan fingerprint density at radius 1 is 1.00 bits per heavy atom. The first-order valence-electron chi connectivity index (χ1n) is 8.19. The van der Waals surface area contributed by atoms with Crippen molar-refractivity contribution in [2.75, 3.05) is 0 Å². The molecule has 23 heavy (non-hydrogen) atoms. The minimum Gasteiger partial charge on any atom is -0.225 e. The van der Waals surface area contributed by atoms with Crippen molar-refractivity contribution in [1.82, 2.24) is 4.98 Å². The third-order valence-corrected chi connectivity index (χ3v) is 5.00. The van der Waals surface area contributed by atoms with Crippen LogP contribution in [0.5, 0.6) is 0 Å². The van der Waals surface area contributed by atoms with Gasteiger partial charge in [-0.15, -0.1) is 0 Å². The number of nitrogens with zero attached hydrogens (tertiary/aromatic N) is 1. The Balaban J connectivity index is 1.82. The van der Waals surface area contributed by atoms with Crippen LogP contribution in [0.3, 0.4) is 0 Å². The maximum atomic E-state index is 14.4. The molecule has 4 heteroatoms. The van der Waals surface area contributed by atoms with Crippen LogP contribution < -0.4 is 0 Å². The quantitative estimate of drug-likeness (QED) is 0.647. The lowest BCUT2D eigenvalue weighted by atomic mass is 9.77. The molecule has 0 radical (unpaired) electrons. The second kappa shape index (κ2) is 6.73. The van der Waals surface area contributed by atoms with Gasteiger partial charge in [-0.2, -0.15) is 4.39 Å². The van der Waals surface area contributed by atoms with E-state index >= 15 is 0 Å².